The average Bonchev–Trinajstić information content (AvgIpc) is 2.96. The highest BCUT2D eigenvalue weighted by Crippen LogP contribution is 2.28. The van der Waals surface area contributed by atoms with E-state index in [2.05, 4.69) is 27.0 Å². The van der Waals surface area contributed by atoms with Crippen LogP contribution in [0.3, 0.4) is 0 Å². The third kappa shape index (κ3) is 6.19. The van der Waals surface area contributed by atoms with Gasteiger partial charge in [0.1, 0.15) is 11.9 Å². The summed E-state index contributed by atoms with van der Waals surface area (Å²) in [4.78, 5) is 21.5. The fourth-order valence-corrected chi connectivity index (χ4v) is 4.57. The Morgan fingerprint density at radius 1 is 1.25 bits per heavy atom. The van der Waals surface area contributed by atoms with Gasteiger partial charge in [-0.3, -0.25) is 19.6 Å². The van der Waals surface area contributed by atoms with Crippen LogP contribution in [0.15, 0.2) is 42.7 Å². The SMILES string of the molecule is CC1CN(CCC(=O)NCC(c2ccncc2)N2CCOCC2)Cc2cc(Cl)ccc2O1. The standard InChI is InChI=1S/C24H31ClN4O3/c1-18-16-28(17-20-14-21(25)2-3-23(20)32-18)9-6-24(30)27-15-22(19-4-7-26-8-5-19)29-10-12-31-13-11-29/h2-5,7-8,14,18,22H,6,9-13,15-17H2,1H3,(H,27,30). The van der Waals surface area contributed by atoms with Crippen molar-refractivity contribution < 1.29 is 14.3 Å². The minimum atomic E-state index is 0.0536. The number of nitrogens with zero attached hydrogens (tertiary/aromatic N) is 3. The third-order valence-corrected chi connectivity index (χ3v) is 6.22. The summed E-state index contributed by atoms with van der Waals surface area (Å²) >= 11 is 6.17. The maximum absolute atomic E-state index is 12.7. The van der Waals surface area contributed by atoms with Crippen LogP contribution in [0, 0.1) is 0 Å². The number of amides is 1. The van der Waals surface area contributed by atoms with Gasteiger partial charge in [-0.25, -0.2) is 0 Å². The molecule has 2 unspecified atom stereocenters. The van der Waals surface area contributed by atoms with Gasteiger partial charge in [-0.1, -0.05) is 11.6 Å². The molecular formula is C24H31ClN4O3. The molecule has 0 spiro atoms. The van der Waals surface area contributed by atoms with Crippen molar-refractivity contribution >= 4 is 17.5 Å². The average molecular weight is 459 g/mol. The van der Waals surface area contributed by atoms with Gasteiger partial charge in [-0.05, 0) is 42.8 Å². The Balaban J connectivity index is 1.32. The Morgan fingerprint density at radius 3 is 2.81 bits per heavy atom. The van der Waals surface area contributed by atoms with Crippen molar-refractivity contribution in [3.8, 4) is 5.75 Å². The first kappa shape index (κ1) is 23.0. The lowest BCUT2D eigenvalue weighted by atomic mass is 10.1. The molecule has 1 aromatic carbocycles. The first-order chi connectivity index (χ1) is 15.6. The van der Waals surface area contributed by atoms with Crippen LogP contribution in [0.4, 0.5) is 0 Å². The number of aromatic nitrogens is 1. The molecule has 1 fully saturated rings. The molecule has 0 radical (unpaired) electrons. The van der Waals surface area contributed by atoms with E-state index in [1.807, 2.05) is 30.3 Å². The number of ether oxygens (including phenoxy) is 2. The molecule has 8 heteroatoms. The number of nitrogens with one attached hydrogen (secondary N) is 1. The van der Waals surface area contributed by atoms with Crippen molar-refractivity contribution in [2.75, 3.05) is 45.9 Å². The van der Waals surface area contributed by atoms with Gasteiger partial charge in [0.15, 0.2) is 0 Å². The summed E-state index contributed by atoms with van der Waals surface area (Å²) in [5, 5.41) is 3.85. The summed E-state index contributed by atoms with van der Waals surface area (Å²) in [6, 6.07) is 9.88. The zero-order valence-electron chi connectivity index (χ0n) is 18.5. The second kappa shape index (κ2) is 11.1. The summed E-state index contributed by atoms with van der Waals surface area (Å²) in [7, 11) is 0. The zero-order valence-corrected chi connectivity index (χ0v) is 19.3. The number of carbonyl (C=O) groups excluding carboxylic acids is 1. The van der Waals surface area contributed by atoms with Crippen molar-refractivity contribution in [3.63, 3.8) is 0 Å². The monoisotopic (exact) mass is 458 g/mol. The molecule has 0 bridgehead atoms. The van der Waals surface area contributed by atoms with Crippen molar-refractivity contribution in [1.29, 1.82) is 0 Å². The maximum atomic E-state index is 12.7. The number of fused-ring (bicyclic) bond motifs is 1. The molecule has 32 heavy (non-hydrogen) atoms. The van der Waals surface area contributed by atoms with Crippen molar-refractivity contribution in [3.05, 3.63) is 58.9 Å². The lowest BCUT2D eigenvalue weighted by molar-refractivity contribution is -0.121. The van der Waals surface area contributed by atoms with Gasteiger partial charge in [-0.15, -0.1) is 0 Å². The van der Waals surface area contributed by atoms with E-state index in [1.165, 1.54) is 0 Å². The number of hydrogen-bond acceptors (Lipinski definition) is 6. The first-order valence-electron chi connectivity index (χ1n) is 11.2. The predicted molar refractivity (Wildman–Crippen MR) is 124 cm³/mol. The molecule has 3 heterocycles. The fourth-order valence-electron chi connectivity index (χ4n) is 4.37. The molecule has 1 saturated heterocycles. The lowest BCUT2D eigenvalue weighted by Crippen LogP contribution is -2.44. The van der Waals surface area contributed by atoms with E-state index >= 15 is 0 Å². The minimum Gasteiger partial charge on any atom is -0.489 e. The lowest BCUT2D eigenvalue weighted by Gasteiger charge is -2.34. The van der Waals surface area contributed by atoms with Crippen molar-refractivity contribution in [1.82, 2.24) is 20.1 Å². The number of rotatable bonds is 7. The Hall–Kier alpha value is -2.19. The normalized spacial score (nSPS) is 20.6. The van der Waals surface area contributed by atoms with Crippen LogP contribution >= 0.6 is 11.6 Å². The van der Waals surface area contributed by atoms with Gasteiger partial charge in [0.05, 0.1) is 19.3 Å². The summed E-state index contributed by atoms with van der Waals surface area (Å²) in [6.07, 6.45) is 4.10. The molecule has 1 N–H and O–H groups in total. The summed E-state index contributed by atoms with van der Waals surface area (Å²) in [5.41, 5.74) is 2.22. The molecule has 2 atom stereocenters. The number of pyridine rings is 1. The number of halogens is 1. The maximum Gasteiger partial charge on any atom is 0.221 e. The van der Waals surface area contributed by atoms with Gasteiger partial charge in [-0.2, -0.15) is 0 Å². The first-order valence-corrected chi connectivity index (χ1v) is 11.6. The molecule has 7 nitrogen and oxygen atoms in total. The third-order valence-electron chi connectivity index (χ3n) is 5.98. The van der Waals surface area contributed by atoms with E-state index < -0.39 is 0 Å². The van der Waals surface area contributed by atoms with Gasteiger partial charge in [0, 0.05) is 68.7 Å². The minimum absolute atomic E-state index is 0.0536. The smallest absolute Gasteiger partial charge is 0.221 e. The molecule has 172 valence electrons. The van der Waals surface area contributed by atoms with Crippen LogP contribution in [0.1, 0.15) is 30.5 Å². The molecule has 2 aliphatic rings. The largest absolute Gasteiger partial charge is 0.489 e. The highest BCUT2D eigenvalue weighted by Gasteiger charge is 2.24. The molecule has 1 amide bonds. The summed E-state index contributed by atoms with van der Waals surface area (Å²) in [5.74, 6) is 0.931. The number of hydrogen-bond donors (Lipinski definition) is 1. The molecule has 4 rings (SSSR count). The Kier molecular flexibility index (Phi) is 7.97. The highest BCUT2D eigenvalue weighted by molar-refractivity contribution is 6.30. The van der Waals surface area contributed by atoms with Crippen LogP contribution in [-0.4, -0.2) is 72.7 Å². The number of morpholine rings is 1. The topological polar surface area (TPSA) is 66.9 Å². The van der Waals surface area contributed by atoms with Crippen molar-refractivity contribution in [2.24, 2.45) is 0 Å². The van der Waals surface area contributed by atoms with Gasteiger partial charge in [0.2, 0.25) is 5.91 Å². The van der Waals surface area contributed by atoms with E-state index in [1.54, 1.807) is 12.4 Å². The Labute approximate surface area is 194 Å². The predicted octanol–water partition coefficient (Wildman–Crippen LogP) is 2.90. The van der Waals surface area contributed by atoms with E-state index in [0.29, 0.717) is 24.5 Å². The zero-order chi connectivity index (χ0) is 22.3. The second-order valence-electron chi connectivity index (χ2n) is 8.41. The van der Waals surface area contributed by atoms with Crippen LogP contribution in [0.2, 0.25) is 5.02 Å². The molecule has 0 saturated carbocycles. The van der Waals surface area contributed by atoms with E-state index in [4.69, 9.17) is 21.1 Å². The van der Waals surface area contributed by atoms with Gasteiger partial charge in [0.25, 0.3) is 0 Å². The number of benzene rings is 1. The van der Waals surface area contributed by atoms with E-state index in [9.17, 15) is 4.79 Å². The van der Waals surface area contributed by atoms with Gasteiger partial charge < -0.3 is 14.8 Å². The quantitative estimate of drug-likeness (QED) is 0.688. The molecule has 2 aromatic rings. The molecular weight excluding hydrogens is 428 g/mol. The summed E-state index contributed by atoms with van der Waals surface area (Å²) < 4.78 is 11.5. The van der Waals surface area contributed by atoms with Crippen LogP contribution in [-0.2, 0) is 16.1 Å². The molecule has 2 aliphatic heterocycles. The van der Waals surface area contributed by atoms with Crippen LogP contribution in [0.25, 0.3) is 0 Å². The Morgan fingerprint density at radius 2 is 2.03 bits per heavy atom. The van der Waals surface area contributed by atoms with Crippen molar-refractivity contribution in [2.45, 2.75) is 32.0 Å². The summed E-state index contributed by atoms with van der Waals surface area (Å²) in [6.45, 7) is 7.94. The van der Waals surface area contributed by atoms with Gasteiger partial charge >= 0.3 is 0 Å². The number of carbonyl (C=O) groups is 1. The Bertz CT molecular complexity index is 892. The second-order valence-corrected chi connectivity index (χ2v) is 8.85. The van der Waals surface area contributed by atoms with E-state index in [-0.39, 0.29) is 18.1 Å². The van der Waals surface area contributed by atoms with Crippen LogP contribution < -0.4 is 10.1 Å². The molecule has 1 aromatic heterocycles. The van der Waals surface area contributed by atoms with E-state index in [0.717, 1.165) is 56.3 Å². The van der Waals surface area contributed by atoms with Crippen LogP contribution in [0.5, 0.6) is 5.75 Å². The fraction of sp³-hybridized carbons (Fsp3) is 0.500. The highest BCUT2D eigenvalue weighted by atomic mass is 35.5. The molecule has 0 aliphatic carbocycles.